The molecule has 1 unspecified atom stereocenters. The molecular weight excluding hydrogens is 521 g/mol. The molecule has 234 valence electrons. The Balaban J connectivity index is 0.000000658. The molecule has 0 amide bonds. The minimum atomic E-state index is -0.146. The summed E-state index contributed by atoms with van der Waals surface area (Å²) in [6.45, 7) is 26.2. The fourth-order valence-corrected chi connectivity index (χ4v) is 4.24. The fourth-order valence-electron chi connectivity index (χ4n) is 4.24. The minimum absolute atomic E-state index is 0.0911. The normalized spacial score (nSPS) is 11.1. The molecule has 1 N–H and O–H groups in total. The first-order valence-corrected chi connectivity index (χ1v) is 15.4. The zero-order chi connectivity index (χ0) is 32.4. The number of allylic oxidation sites excluding steroid dienone is 2. The summed E-state index contributed by atoms with van der Waals surface area (Å²) in [6.07, 6.45) is 7.24. The highest BCUT2D eigenvalue weighted by Crippen LogP contribution is 2.29. The van der Waals surface area contributed by atoms with E-state index in [1.165, 1.54) is 18.4 Å². The molecule has 0 aliphatic rings. The van der Waals surface area contributed by atoms with Gasteiger partial charge in [-0.2, -0.15) is 0 Å². The van der Waals surface area contributed by atoms with Crippen LogP contribution in [0.3, 0.4) is 0 Å². The summed E-state index contributed by atoms with van der Waals surface area (Å²) in [5.74, 6) is 0.649. The third kappa shape index (κ3) is 13.3. The summed E-state index contributed by atoms with van der Waals surface area (Å²) < 4.78 is 14.9. The zero-order valence-corrected chi connectivity index (χ0v) is 28.4. The summed E-state index contributed by atoms with van der Waals surface area (Å²) in [4.78, 5) is 14.0. The maximum Gasteiger partial charge on any atom is 0.160 e. The molecule has 0 bridgehead atoms. The minimum Gasteiger partial charge on any atom is -0.350 e. The molecule has 1 heterocycles. The van der Waals surface area contributed by atoms with Gasteiger partial charge in [0.1, 0.15) is 5.82 Å². The SMILES string of the molecule is C=CC(=C)c1cn(C)c2cc(C)c(C(C)=O)cc12.CC.CCC(CCN(C)CC)Cc1ccc(F)cc1.CNC(C)C. The monoisotopic (exact) mass is 579 g/mol. The number of nitrogens with zero attached hydrogens (tertiary/aromatic N) is 2. The average Bonchev–Trinajstić information content (AvgIpc) is 3.31. The highest BCUT2D eigenvalue weighted by Gasteiger charge is 2.13. The van der Waals surface area contributed by atoms with Gasteiger partial charge < -0.3 is 14.8 Å². The molecule has 4 nitrogen and oxygen atoms in total. The molecule has 0 fully saturated rings. The number of aryl methyl sites for hydroxylation is 2. The third-order valence-electron chi connectivity index (χ3n) is 7.36. The predicted octanol–water partition coefficient (Wildman–Crippen LogP) is 9.27. The zero-order valence-electron chi connectivity index (χ0n) is 28.4. The second kappa shape index (κ2) is 20.8. The number of fused-ring (bicyclic) bond motifs is 1. The van der Waals surface area contributed by atoms with Crippen molar-refractivity contribution >= 4 is 22.3 Å². The number of hydrogen-bond donors (Lipinski definition) is 1. The quantitative estimate of drug-likeness (QED) is 0.182. The van der Waals surface area contributed by atoms with Gasteiger partial charge in [0, 0.05) is 41.3 Å². The van der Waals surface area contributed by atoms with E-state index in [4.69, 9.17) is 0 Å². The van der Waals surface area contributed by atoms with Crippen LogP contribution in [0.15, 0.2) is 61.8 Å². The molecule has 0 spiro atoms. The van der Waals surface area contributed by atoms with E-state index in [-0.39, 0.29) is 11.6 Å². The number of halogens is 1. The predicted molar refractivity (Wildman–Crippen MR) is 184 cm³/mol. The average molecular weight is 580 g/mol. The second-order valence-electron chi connectivity index (χ2n) is 10.9. The van der Waals surface area contributed by atoms with Gasteiger partial charge in [-0.3, -0.25) is 4.79 Å². The Morgan fingerprint density at radius 2 is 1.69 bits per heavy atom. The lowest BCUT2D eigenvalue weighted by Gasteiger charge is -2.19. The van der Waals surface area contributed by atoms with Gasteiger partial charge in [-0.15, -0.1) is 0 Å². The molecule has 0 saturated carbocycles. The molecule has 1 atom stereocenters. The molecule has 1 aromatic heterocycles. The van der Waals surface area contributed by atoms with Gasteiger partial charge in [0.05, 0.1) is 0 Å². The molecule has 0 aliphatic heterocycles. The van der Waals surface area contributed by atoms with Crippen LogP contribution in [0.1, 0.15) is 88.4 Å². The first-order valence-electron chi connectivity index (χ1n) is 15.4. The number of carbonyl (C=O) groups is 1. The van der Waals surface area contributed by atoms with Crippen molar-refractivity contribution in [2.24, 2.45) is 13.0 Å². The number of nitrogens with one attached hydrogen (secondary N) is 1. The van der Waals surface area contributed by atoms with Gasteiger partial charge in [0.2, 0.25) is 0 Å². The standard InChI is InChI=1S/C16H17NO.C15H24FN.C4H11N.C2H6/c1-6-10(2)15-9-17(5)16-7-11(3)13(12(4)18)8-14(15)16;1-4-13(10-11-17(3)5-2)12-14-6-8-15(16)9-7-14;1-4(2)5-3;1-2/h6-9H,1-2H2,3-5H3;6-9,13H,4-5,10-12H2,1-3H3;4-5H,1-3H3;1-2H3. The first kappa shape index (κ1) is 39.0. The van der Waals surface area contributed by atoms with Crippen molar-refractivity contribution < 1.29 is 9.18 Å². The molecule has 0 aliphatic carbocycles. The Bertz CT molecular complexity index is 1220. The maximum absolute atomic E-state index is 12.8. The van der Waals surface area contributed by atoms with Crippen LogP contribution in [-0.4, -0.2) is 48.5 Å². The summed E-state index contributed by atoms with van der Waals surface area (Å²) >= 11 is 0. The van der Waals surface area contributed by atoms with Crippen LogP contribution in [0.2, 0.25) is 0 Å². The van der Waals surface area contributed by atoms with Gasteiger partial charge in [0.25, 0.3) is 0 Å². The van der Waals surface area contributed by atoms with Crippen LogP contribution >= 0.6 is 0 Å². The van der Waals surface area contributed by atoms with E-state index < -0.39 is 0 Å². The van der Waals surface area contributed by atoms with Crippen molar-refractivity contribution in [3.05, 3.63) is 89.9 Å². The Labute approximate surface area is 256 Å². The smallest absolute Gasteiger partial charge is 0.160 e. The number of Topliss-reactive ketones (excluding diaryl/α,β-unsaturated/α-hetero) is 1. The van der Waals surface area contributed by atoms with Crippen LogP contribution in [-0.2, 0) is 13.5 Å². The first-order chi connectivity index (χ1) is 19.9. The summed E-state index contributed by atoms with van der Waals surface area (Å²) in [5.41, 5.74) is 6.04. The number of carbonyl (C=O) groups excluding carboxylic acids is 1. The van der Waals surface area contributed by atoms with Gasteiger partial charge in [-0.05, 0) is 101 Å². The van der Waals surface area contributed by atoms with E-state index in [1.54, 1.807) is 25.1 Å². The molecular formula is C37H58FN3O. The summed E-state index contributed by atoms with van der Waals surface area (Å²) in [6, 6.07) is 11.6. The van der Waals surface area contributed by atoms with Gasteiger partial charge in [0.15, 0.2) is 5.78 Å². The number of benzene rings is 2. The molecule has 0 saturated heterocycles. The summed E-state index contributed by atoms with van der Waals surface area (Å²) in [7, 11) is 6.10. The Morgan fingerprint density at radius 1 is 1.12 bits per heavy atom. The van der Waals surface area contributed by atoms with Crippen molar-refractivity contribution in [2.45, 2.75) is 80.7 Å². The van der Waals surface area contributed by atoms with Crippen molar-refractivity contribution in [3.63, 3.8) is 0 Å². The van der Waals surface area contributed by atoms with E-state index in [1.807, 2.05) is 65.3 Å². The summed E-state index contributed by atoms with van der Waals surface area (Å²) in [5, 5.41) is 4.08. The lowest BCUT2D eigenvalue weighted by Crippen LogP contribution is -2.21. The van der Waals surface area contributed by atoms with Crippen molar-refractivity contribution in [3.8, 4) is 0 Å². The topological polar surface area (TPSA) is 37.3 Å². The molecule has 0 radical (unpaired) electrons. The van der Waals surface area contributed by atoms with Crippen LogP contribution in [0.4, 0.5) is 4.39 Å². The van der Waals surface area contributed by atoms with Crippen LogP contribution < -0.4 is 5.32 Å². The fraction of sp³-hybridized carbons (Fsp3) is 0.486. The van der Waals surface area contributed by atoms with E-state index in [2.05, 4.69) is 62.7 Å². The number of rotatable bonds is 11. The highest BCUT2D eigenvalue weighted by atomic mass is 19.1. The molecule has 5 heteroatoms. The van der Waals surface area contributed by atoms with E-state index >= 15 is 0 Å². The molecule has 3 rings (SSSR count). The van der Waals surface area contributed by atoms with Crippen LogP contribution in [0.25, 0.3) is 16.5 Å². The maximum atomic E-state index is 12.8. The van der Waals surface area contributed by atoms with E-state index in [9.17, 15) is 9.18 Å². The van der Waals surface area contributed by atoms with Crippen molar-refractivity contribution in [1.29, 1.82) is 0 Å². The van der Waals surface area contributed by atoms with Crippen LogP contribution in [0, 0.1) is 18.7 Å². The Kier molecular flexibility index (Phi) is 19.3. The number of ketones is 1. The third-order valence-corrected chi connectivity index (χ3v) is 7.36. The lowest BCUT2D eigenvalue weighted by atomic mass is 9.93. The van der Waals surface area contributed by atoms with Gasteiger partial charge in [-0.1, -0.05) is 79.3 Å². The molecule has 42 heavy (non-hydrogen) atoms. The number of hydrogen-bond acceptors (Lipinski definition) is 3. The van der Waals surface area contributed by atoms with Crippen LogP contribution in [0.5, 0.6) is 0 Å². The van der Waals surface area contributed by atoms with E-state index in [0.29, 0.717) is 12.0 Å². The largest absolute Gasteiger partial charge is 0.350 e. The Hall–Kier alpha value is -3.02. The lowest BCUT2D eigenvalue weighted by molar-refractivity contribution is 0.101. The highest BCUT2D eigenvalue weighted by molar-refractivity contribution is 6.03. The van der Waals surface area contributed by atoms with Crippen molar-refractivity contribution in [2.75, 3.05) is 27.2 Å². The number of aromatic nitrogens is 1. The van der Waals surface area contributed by atoms with E-state index in [0.717, 1.165) is 52.7 Å². The molecule has 2 aromatic carbocycles. The van der Waals surface area contributed by atoms with Gasteiger partial charge in [-0.25, -0.2) is 4.39 Å². The Morgan fingerprint density at radius 3 is 2.14 bits per heavy atom. The molecule has 3 aromatic rings. The second-order valence-corrected chi connectivity index (χ2v) is 10.9. The van der Waals surface area contributed by atoms with Gasteiger partial charge >= 0.3 is 0 Å². The van der Waals surface area contributed by atoms with Crippen molar-refractivity contribution in [1.82, 2.24) is 14.8 Å².